The molecule has 0 N–H and O–H groups in total. The van der Waals surface area contributed by atoms with Gasteiger partial charge in [0.1, 0.15) is 11.6 Å². The van der Waals surface area contributed by atoms with Crippen LogP contribution in [0.5, 0.6) is 5.75 Å². The van der Waals surface area contributed by atoms with Gasteiger partial charge in [0.15, 0.2) is 0 Å². The molecule has 2 aromatic rings. The summed E-state index contributed by atoms with van der Waals surface area (Å²) in [4.78, 5) is 14.7. The number of ether oxygens (including phenoxy) is 1. The molecule has 1 fully saturated rings. The fourth-order valence-electron chi connectivity index (χ4n) is 3.44. The monoisotopic (exact) mass is 353 g/mol. The van der Waals surface area contributed by atoms with E-state index in [2.05, 4.69) is 12.1 Å². The van der Waals surface area contributed by atoms with Gasteiger partial charge >= 0.3 is 0 Å². The average Bonchev–Trinajstić information content (AvgIpc) is 3.11. The van der Waals surface area contributed by atoms with Crippen molar-refractivity contribution < 1.29 is 13.9 Å². The molecule has 1 aliphatic rings. The number of allylic oxidation sites excluding steroid dienone is 1. The highest BCUT2D eigenvalue weighted by atomic mass is 19.1. The first kappa shape index (κ1) is 18.2. The van der Waals surface area contributed by atoms with Crippen molar-refractivity contribution in [3.63, 3.8) is 0 Å². The maximum atomic E-state index is 13.1. The van der Waals surface area contributed by atoms with Crippen molar-refractivity contribution in [1.82, 2.24) is 4.90 Å². The Morgan fingerprint density at radius 1 is 1.19 bits per heavy atom. The van der Waals surface area contributed by atoms with Gasteiger partial charge in [-0.15, -0.1) is 0 Å². The van der Waals surface area contributed by atoms with Gasteiger partial charge in [0.05, 0.1) is 7.11 Å². The summed E-state index contributed by atoms with van der Waals surface area (Å²) in [6.07, 6.45) is 4.55. The number of methoxy groups -OCH3 is 1. The minimum absolute atomic E-state index is 0.0304. The lowest BCUT2D eigenvalue weighted by atomic mass is 10.0. The van der Waals surface area contributed by atoms with E-state index < -0.39 is 0 Å². The van der Waals surface area contributed by atoms with Crippen molar-refractivity contribution in [1.29, 1.82) is 0 Å². The molecule has 1 saturated heterocycles. The van der Waals surface area contributed by atoms with Crippen LogP contribution in [0, 0.1) is 5.82 Å². The first-order chi connectivity index (χ1) is 12.6. The number of carbonyl (C=O) groups excluding carboxylic acids is 1. The minimum atomic E-state index is -0.271. The Labute approximate surface area is 154 Å². The van der Waals surface area contributed by atoms with E-state index in [9.17, 15) is 9.18 Å². The van der Waals surface area contributed by atoms with Crippen LogP contribution in [0.1, 0.15) is 30.9 Å². The SMILES string of the molecule is COc1ccc(CC2CCCN2C(=O)C=C(C)c2ccc(F)cc2)cc1. The maximum Gasteiger partial charge on any atom is 0.247 e. The Kier molecular flexibility index (Phi) is 5.71. The third kappa shape index (κ3) is 4.31. The van der Waals surface area contributed by atoms with Crippen molar-refractivity contribution in [3.8, 4) is 5.75 Å². The van der Waals surface area contributed by atoms with Gasteiger partial charge in [-0.05, 0) is 67.2 Å². The summed E-state index contributed by atoms with van der Waals surface area (Å²) < 4.78 is 18.3. The third-order valence-electron chi connectivity index (χ3n) is 4.93. The lowest BCUT2D eigenvalue weighted by molar-refractivity contribution is -0.126. The second-order valence-electron chi connectivity index (χ2n) is 6.71. The Bertz CT molecular complexity index is 781. The molecule has 0 radical (unpaired) electrons. The molecule has 3 nitrogen and oxygen atoms in total. The van der Waals surface area contributed by atoms with Crippen molar-refractivity contribution in [3.05, 3.63) is 71.6 Å². The van der Waals surface area contributed by atoms with Crippen molar-refractivity contribution in [2.75, 3.05) is 13.7 Å². The molecule has 1 heterocycles. The molecule has 1 amide bonds. The van der Waals surface area contributed by atoms with E-state index in [-0.39, 0.29) is 17.8 Å². The first-order valence-electron chi connectivity index (χ1n) is 8.94. The summed E-state index contributed by atoms with van der Waals surface area (Å²) >= 11 is 0. The molecule has 26 heavy (non-hydrogen) atoms. The van der Waals surface area contributed by atoms with Crippen LogP contribution in [0.15, 0.2) is 54.6 Å². The molecular weight excluding hydrogens is 329 g/mol. The Morgan fingerprint density at radius 2 is 1.88 bits per heavy atom. The zero-order chi connectivity index (χ0) is 18.5. The summed E-state index contributed by atoms with van der Waals surface area (Å²) in [7, 11) is 1.65. The Morgan fingerprint density at radius 3 is 2.54 bits per heavy atom. The number of carbonyl (C=O) groups is 1. The molecule has 0 bridgehead atoms. The van der Waals surface area contributed by atoms with E-state index in [0.717, 1.165) is 42.7 Å². The van der Waals surface area contributed by atoms with Gasteiger partial charge in [-0.1, -0.05) is 24.3 Å². The van der Waals surface area contributed by atoms with Crippen molar-refractivity contribution in [2.24, 2.45) is 0 Å². The van der Waals surface area contributed by atoms with Crippen LogP contribution in [-0.2, 0) is 11.2 Å². The molecule has 136 valence electrons. The molecule has 0 saturated carbocycles. The van der Waals surface area contributed by atoms with Gasteiger partial charge in [-0.3, -0.25) is 4.79 Å². The lowest BCUT2D eigenvalue weighted by Gasteiger charge is -2.24. The van der Waals surface area contributed by atoms with E-state index in [1.165, 1.54) is 17.7 Å². The molecule has 3 rings (SSSR count). The van der Waals surface area contributed by atoms with Crippen LogP contribution in [0.2, 0.25) is 0 Å². The predicted octanol–water partition coefficient (Wildman–Crippen LogP) is 4.47. The molecule has 1 aliphatic heterocycles. The number of hydrogen-bond donors (Lipinski definition) is 0. The summed E-state index contributed by atoms with van der Waals surface area (Å²) in [5, 5.41) is 0. The van der Waals surface area contributed by atoms with Crippen LogP contribution >= 0.6 is 0 Å². The maximum absolute atomic E-state index is 13.1. The van der Waals surface area contributed by atoms with Gasteiger partial charge in [-0.2, -0.15) is 0 Å². The number of amides is 1. The van der Waals surface area contributed by atoms with E-state index in [1.54, 1.807) is 25.3 Å². The average molecular weight is 353 g/mol. The molecular formula is C22H24FNO2. The van der Waals surface area contributed by atoms with Gasteiger partial charge < -0.3 is 9.64 Å². The quantitative estimate of drug-likeness (QED) is 0.742. The molecule has 4 heteroatoms. The number of likely N-dealkylation sites (tertiary alicyclic amines) is 1. The van der Waals surface area contributed by atoms with Crippen LogP contribution < -0.4 is 4.74 Å². The predicted molar refractivity (Wildman–Crippen MR) is 101 cm³/mol. The van der Waals surface area contributed by atoms with E-state index in [4.69, 9.17) is 4.74 Å². The van der Waals surface area contributed by atoms with Gasteiger partial charge in [-0.25, -0.2) is 4.39 Å². The zero-order valence-electron chi connectivity index (χ0n) is 15.2. The number of hydrogen-bond acceptors (Lipinski definition) is 2. The van der Waals surface area contributed by atoms with Gasteiger partial charge in [0, 0.05) is 18.7 Å². The topological polar surface area (TPSA) is 29.5 Å². The summed E-state index contributed by atoms with van der Waals surface area (Å²) in [6, 6.07) is 14.5. The molecule has 0 spiro atoms. The van der Waals surface area contributed by atoms with E-state index >= 15 is 0 Å². The van der Waals surface area contributed by atoms with Crippen molar-refractivity contribution >= 4 is 11.5 Å². The smallest absolute Gasteiger partial charge is 0.247 e. The Hall–Kier alpha value is -2.62. The van der Waals surface area contributed by atoms with Crippen LogP contribution in [0.25, 0.3) is 5.57 Å². The molecule has 0 aliphatic carbocycles. The second kappa shape index (κ2) is 8.17. The van der Waals surface area contributed by atoms with Crippen LogP contribution in [0.3, 0.4) is 0 Å². The summed E-state index contributed by atoms with van der Waals surface area (Å²) in [5.41, 5.74) is 2.92. The van der Waals surface area contributed by atoms with Gasteiger partial charge in [0.2, 0.25) is 5.91 Å². The molecule has 2 aromatic carbocycles. The number of benzene rings is 2. The number of nitrogens with zero attached hydrogens (tertiary/aromatic N) is 1. The van der Waals surface area contributed by atoms with Crippen molar-refractivity contribution in [2.45, 2.75) is 32.2 Å². The normalized spacial score (nSPS) is 17.4. The lowest BCUT2D eigenvalue weighted by Crippen LogP contribution is -2.35. The summed E-state index contributed by atoms with van der Waals surface area (Å²) in [5.74, 6) is 0.598. The molecule has 0 aromatic heterocycles. The standard InChI is InChI=1S/C22H24FNO2/c1-16(18-7-9-19(23)10-8-18)14-22(25)24-13-3-4-20(24)15-17-5-11-21(26-2)12-6-17/h5-12,14,20H,3-4,13,15H2,1-2H3. The first-order valence-corrected chi connectivity index (χ1v) is 8.94. The summed E-state index contributed by atoms with van der Waals surface area (Å²) in [6.45, 7) is 2.67. The highest BCUT2D eigenvalue weighted by molar-refractivity contribution is 5.95. The molecule has 1 atom stereocenters. The third-order valence-corrected chi connectivity index (χ3v) is 4.93. The fraction of sp³-hybridized carbons (Fsp3) is 0.318. The minimum Gasteiger partial charge on any atom is -0.497 e. The number of halogens is 1. The van der Waals surface area contributed by atoms with Crippen LogP contribution in [-0.4, -0.2) is 30.5 Å². The zero-order valence-corrected chi connectivity index (χ0v) is 15.2. The van der Waals surface area contributed by atoms with Crippen LogP contribution in [0.4, 0.5) is 4.39 Å². The second-order valence-corrected chi connectivity index (χ2v) is 6.71. The Balaban J connectivity index is 1.69. The van der Waals surface area contributed by atoms with E-state index in [1.807, 2.05) is 24.0 Å². The highest BCUT2D eigenvalue weighted by Crippen LogP contribution is 2.24. The fourth-order valence-corrected chi connectivity index (χ4v) is 3.44. The largest absolute Gasteiger partial charge is 0.497 e. The number of rotatable bonds is 5. The van der Waals surface area contributed by atoms with Gasteiger partial charge in [0.25, 0.3) is 0 Å². The molecule has 1 unspecified atom stereocenters. The van der Waals surface area contributed by atoms with E-state index in [0.29, 0.717) is 0 Å². The highest BCUT2D eigenvalue weighted by Gasteiger charge is 2.27.